The van der Waals surface area contributed by atoms with Crippen LogP contribution in [0.25, 0.3) is 10.2 Å². The van der Waals surface area contributed by atoms with Crippen LogP contribution in [0.4, 0.5) is 0 Å². The number of benzene rings is 1. The van der Waals surface area contributed by atoms with Crippen LogP contribution < -0.4 is 10.9 Å². The van der Waals surface area contributed by atoms with Gasteiger partial charge in [0.15, 0.2) is 0 Å². The zero-order chi connectivity index (χ0) is 20.8. The minimum atomic E-state index is -0.0580. The van der Waals surface area contributed by atoms with Crippen LogP contribution in [-0.4, -0.2) is 28.6 Å². The normalized spacial score (nSPS) is 13.3. The zero-order valence-electron chi connectivity index (χ0n) is 17.1. The van der Waals surface area contributed by atoms with Crippen molar-refractivity contribution in [3.63, 3.8) is 0 Å². The van der Waals surface area contributed by atoms with Gasteiger partial charge < -0.3 is 10.1 Å². The number of hydrogen-bond donors (Lipinski definition) is 1. The molecule has 2 heterocycles. The van der Waals surface area contributed by atoms with Crippen molar-refractivity contribution in [2.75, 3.05) is 13.2 Å². The summed E-state index contributed by atoms with van der Waals surface area (Å²) in [5.41, 5.74) is 2.32. The van der Waals surface area contributed by atoms with Crippen molar-refractivity contribution in [3.8, 4) is 0 Å². The average molecular weight is 426 g/mol. The van der Waals surface area contributed by atoms with Crippen molar-refractivity contribution in [1.29, 1.82) is 0 Å². The quantitative estimate of drug-likeness (QED) is 0.533. The smallest absolute Gasteiger partial charge is 0.262 e. The molecule has 0 unspecified atom stereocenters. The van der Waals surface area contributed by atoms with Crippen LogP contribution in [0.5, 0.6) is 0 Å². The summed E-state index contributed by atoms with van der Waals surface area (Å²) in [6, 6.07) is 10.0. The van der Waals surface area contributed by atoms with Gasteiger partial charge in [0.25, 0.3) is 5.56 Å². The van der Waals surface area contributed by atoms with E-state index in [1.807, 2.05) is 30.3 Å². The van der Waals surface area contributed by atoms with E-state index in [0.29, 0.717) is 26.3 Å². The molecule has 0 radical (unpaired) electrons. The van der Waals surface area contributed by atoms with Gasteiger partial charge in [0.1, 0.15) is 4.83 Å². The maximum atomic E-state index is 12.9. The lowest BCUT2D eigenvalue weighted by molar-refractivity contribution is -0.121. The van der Waals surface area contributed by atoms with E-state index in [2.05, 4.69) is 10.3 Å². The summed E-state index contributed by atoms with van der Waals surface area (Å²) in [7, 11) is 0. The van der Waals surface area contributed by atoms with E-state index in [1.54, 1.807) is 22.2 Å². The van der Waals surface area contributed by atoms with Crippen LogP contribution in [0.3, 0.4) is 0 Å². The highest BCUT2D eigenvalue weighted by Crippen LogP contribution is 2.33. The number of hydrogen-bond acceptors (Lipinski definition) is 5. The highest BCUT2D eigenvalue weighted by molar-refractivity contribution is 7.18. The van der Waals surface area contributed by atoms with Crippen LogP contribution in [0.15, 0.2) is 41.5 Å². The Kier molecular flexibility index (Phi) is 6.92. The summed E-state index contributed by atoms with van der Waals surface area (Å²) in [5.74, 6) is -0.0580. The van der Waals surface area contributed by atoms with E-state index in [-0.39, 0.29) is 17.9 Å². The van der Waals surface area contributed by atoms with Crippen LogP contribution >= 0.6 is 11.3 Å². The fourth-order valence-electron chi connectivity index (χ4n) is 3.82. The molecule has 6 nitrogen and oxygen atoms in total. The van der Waals surface area contributed by atoms with Gasteiger partial charge in [-0.05, 0) is 43.2 Å². The fraction of sp³-hybridized carbons (Fsp3) is 0.435. The van der Waals surface area contributed by atoms with E-state index in [1.165, 1.54) is 16.9 Å². The molecule has 1 aromatic carbocycles. The molecular weight excluding hydrogens is 398 g/mol. The summed E-state index contributed by atoms with van der Waals surface area (Å²) in [5, 5.41) is 3.67. The third-order valence-corrected chi connectivity index (χ3v) is 6.62. The van der Waals surface area contributed by atoms with Gasteiger partial charge in [0.05, 0.1) is 18.3 Å². The number of rotatable bonds is 9. The minimum absolute atomic E-state index is 0.0125. The van der Waals surface area contributed by atoms with E-state index >= 15 is 0 Å². The maximum Gasteiger partial charge on any atom is 0.262 e. The first kappa shape index (κ1) is 20.8. The molecule has 3 aromatic rings. The van der Waals surface area contributed by atoms with Gasteiger partial charge in [0.2, 0.25) is 5.91 Å². The first-order valence-electron chi connectivity index (χ1n) is 10.6. The molecule has 4 rings (SSSR count). The third kappa shape index (κ3) is 4.96. The summed E-state index contributed by atoms with van der Waals surface area (Å²) in [6.45, 7) is 2.10. The van der Waals surface area contributed by atoms with Crippen LogP contribution in [0, 0.1) is 0 Å². The summed E-state index contributed by atoms with van der Waals surface area (Å²) in [4.78, 5) is 31.7. The van der Waals surface area contributed by atoms with Crippen molar-refractivity contribution in [2.45, 2.75) is 51.7 Å². The topological polar surface area (TPSA) is 73.2 Å². The monoisotopic (exact) mass is 425 g/mol. The van der Waals surface area contributed by atoms with Crippen LogP contribution in [-0.2, 0) is 35.5 Å². The van der Waals surface area contributed by atoms with Gasteiger partial charge in [-0.1, -0.05) is 30.3 Å². The van der Waals surface area contributed by atoms with Crippen LogP contribution in [0.2, 0.25) is 0 Å². The van der Waals surface area contributed by atoms with Crippen molar-refractivity contribution in [1.82, 2.24) is 14.9 Å². The molecule has 7 heteroatoms. The van der Waals surface area contributed by atoms with Crippen molar-refractivity contribution >= 4 is 27.5 Å². The van der Waals surface area contributed by atoms with Gasteiger partial charge in [-0.15, -0.1) is 11.3 Å². The largest absolute Gasteiger partial charge is 0.377 e. The number of aromatic nitrogens is 2. The Morgan fingerprint density at radius 1 is 1.20 bits per heavy atom. The average Bonchev–Trinajstić information content (AvgIpc) is 3.16. The second-order valence-electron chi connectivity index (χ2n) is 7.63. The molecule has 30 heavy (non-hydrogen) atoms. The molecule has 158 valence electrons. The van der Waals surface area contributed by atoms with E-state index in [0.717, 1.165) is 41.5 Å². The Bertz CT molecular complexity index is 1060. The Labute approximate surface area is 179 Å². The SMILES string of the molecule is O=C(CCn1cnc2sc3c(c2c1=O)CCCC3)NCCCOCc1ccccc1. The van der Waals surface area contributed by atoms with E-state index in [4.69, 9.17) is 4.74 Å². The van der Waals surface area contributed by atoms with Gasteiger partial charge in [-0.3, -0.25) is 14.2 Å². The number of carbonyl (C=O) groups is 1. The number of carbonyl (C=O) groups excluding carboxylic acids is 1. The molecule has 1 aliphatic rings. The molecule has 0 saturated carbocycles. The highest BCUT2D eigenvalue weighted by Gasteiger charge is 2.20. The molecule has 0 aliphatic heterocycles. The number of thiophene rings is 1. The molecular formula is C23H27N3O3S. The summed E-state index contributed by atoms with van der Waals surface area (Å²) in [6.07, 6.45) is 6.93. The molecule has 1 aliphatic carbocycles. The predicted octanol–water partition coefficient (Wildman–Crippen LogP) is 3.45. The number of aryl methyl sites for hydroxylation is 3. The molecule has 1 amide bonds. The molecule has 2 aromatic heterocycles. The van der Waals surface area contributed by atoms with Crippen molar-refractivity contribution in [3.05, 3.63) is 63.0 Å². The first-order chi connectivity index (χ1) is 14.7. The Balaban J connectivity index is 1.22. The zero-order valence-corrected chi connectivity index (χ0v) is 17.9. The summed E-state index contributed by atoms with van der Waals surface area (Å²) < 4.78 is 7.20. The fourth-order valence-corrected chi connectivity index (χ4v) is 5.04. The lowest BCUT2D eigenvalue weighted by Crippen LogP contribution is -2.28. The Morgan fingerprint density at radius 2 is 2.03 bits per heavy atom. The molecule has 0 fully saturated rings. The number of fused-ring (bicyclic) bond motifs is 3. The number of nitrogens with one attached hydrogen (secondary N) is 1. The molecule has 0 spiro atoms. The molecule has 0 atom stereocenters. The van der Waals surface area contributed by atoms with Crippen LogP contribution in [0.1, 0.15) is 41.7 Å². The molecule has 1 N–H and O–H groups in total. The predicted molar refractivity (Wildman–Crippen MR) is 119 cm³/mol. The molecule has 0 bridgehead atoms. The first-order valence-corrected chi connectivity index (χ1v) is 11.4. The second-order valence-corrected chi connectivity index (χ2v) is 8.71. The third-order valence-electron chi connectivity index (χ3n) is 5.42. The lowest BCUT2D eigenvalue weighted by atomic mass is 9.97. The van der Waals surface area contributed by atoms with Gasteiger partial charge in [-0.2, -0.15) is 0 Å². The molecule has 0 saturated heterocycles. The van der Waals surface area contributed by atoms with E-state index in [9.17, 15) is 9.59 Å². The highest BCUT2D eigenvalue weighted by atomic mass is 32.1. The number of ether oxygens (including phenoxy) is 1. The standard InChI is InChI=1S/C23H27N3O3S/c27-20(24-12-6-14-29-15-17-7-2-1-3-8-17)11-13-26-16-25-22-21(23(26)28)18-9-4-5-10-19(18)30-22/h1-3,7-8,16H,4-6,9-15H2,(H,24,27). The number of amides is 1. The maximum absolute atomic E-state index is 12.9. The van der Waals surface area contributed by atoms with Crippen molar-refractivity contribution in [2.24, 2.45) is 0 Å². The summed E-state index contributed by atoms with van der Waals surface area (Å²) >= 11 is 1.65. The van der Waals surface area contributed by atoms with Gasteiger partial charge in [0, 0.05) is 31.0 Å². The minimum Gasteiger partial charge on any atom is -0.377 e. The van der Waals surface area contributed by atoms with E-state index < -0.39 is 0 Å². The number of nitrogens with zero attached hydrogens (tertiary/aromatic N) is 2. The Hall–Kier alpha value is -2.51. The van der Waals surface area contributed by atoms with Gasteiger partial charge >= 0.3 is 0 Å². The van der Waals surface area contributed by atoms with Gasteiger partial charge in [-0.25, -0.2) is 4.98 Å². The Morgan fingerprint density at radius 3 is 2.90 bits per heavy atom. The lowest BCUT2D eigenvalue weighted by Gasteiger charge is -2.10. The van der Waals surface area contributed by atoms with Crippen molar-refractivity contribution < 1.29 is 9.53 Å². The second kappa shape index (κ2) is 10.00.